The summed E-state index contributed by atoms with van der Waals surface area (Å²) in [6, 6.07) is 9.34. The van der Waals surface area contributed by atoms with E-state index in [4.69, 9.17) is 0 Å². The minimum absolute atomic E-state index is 0. The molecule has 0 radical (unpaired) electrons. The van der Waals surface area contributed by atoms with Gasteiger partial charge < -0.3 is 10.2 Å². The maximum Gasteiger partial charge on any atom is 0.226 e. The van der Waals surface area contributed by atoms with Crippen molar-refractivity contribution in [3.63, 3.8) is 0 Å². The molecule has 1 saturated carbocycles. The molecule has 0 bridgehead atoms. The first kappa shape index (κ1) is 19.7. The lowest BCUT2D eigenvalue weighted by atomic mass is 10.0. The molecular weight excluding hydrogens is 377 g/mol. The topological polar surface area (TPSA) is 32.3 Å². The zero-order chi connectivity index (χ0) is 18.3. The normalized spacial score (nSPS) is 24.3. The van der Waals surface area contributed by atoms with Crippen LogP contribution in [0, 0.1) is 23.4 Å². The number of nitrogens with zero attached hydrogens (tertiary/aromatic N) is 1. The van der Waals surface area contributed by atoms with Gasteiger partial charge in [0.25, 0.3) is 0 Å². The summed E-state index contributed by atoms with van der Waals surface area (Å²) in [6.45, 7) is 1.71. The fourth-order valence-electron chi connectivity index (χ4n) is 3.80. The van der Waals surface area contributed by atoms with Gasteiger partial charge in [0, 0.05) is 25.6 Å². The number of nitrogens with one attached hydrogen (secondary N) is 1. The Morgan fingerprint density at radius 2 is 1.85 bits per heavy atom. The Labute approximate surface area is 162 Å². The predicted octanol–water partition coefficient (Wildman–Crippen LogP) is 3.80. The van der Waals surface area contributed by atoms with Gasteiger partial charge in [-0.05, 0) is 53.8 Å². The molecule has 0 spiro atoms. The quantitative estimate of drug-likeness (QED) is 0.855. The standard InChI is InChI=1S/C20H19F3N2O.ClH/c21-13-3-1-2-12(8-13)19-11-24-6-7-25(19)20(26)17-10-15(17)16-9-14(22)4-5-18(16)23;/h1-5,8-9,15,17,19,24H,6-7,10-11H2;1H. The largest absolute Gasteiger partial charge is 0.333 e. The first-order chi connectivity index (χ1) is 12.5. The highest BCUT2D eigenvalue weighted by Gasteiger charge is 2.48. The van der Waals surface area contributed by atoms with E-state index in [2.05, 4.69) is 5.32 Å². The fraction of sp³-hybridized carbons (Fsp3) is 0.350. The van der Waals surface area contributed by atoms with Crippen LogP contribution in [-0.2, 0) is 4.79 Å². The SMILES string of the molecule is Cl.O=C(C1CC1c1cc(F)ccc1F)N1CCNCC1c1cccc(F)c1. The van der Waals surface area contributed by atoms with Gasteiger partial charge in [-0.25, -0.2) is 13.2 Å². The van der Waals surface area contributed by atoms with Crippen molar-refractivity contribution < 1.29 is 18.0 Å². The lowest BCUT2D eigenvalue weighted by Gasteiger charge is -2.37. The number of carbonyl (C=O) groups is 1. The minimum atomic E-state index is -0.501. The highest BCUT2D eigenvalue weighted by molar-refractivity contribution is 5.85. The number of rotatable bonds is 3. The first-order valence-corrected chi connectivity index (χ1v) is 8.76. The van der Waals surface area contributed by atoms with E-state index >= 15 is 0 Å². The molecule has 3 nitrogen and oxygen atoms in total. The monoisotopic (exact) mass is 396 g/mol. The minimum Gasteiger partial charge on any atom is -0.333 e. The van der Waals surface area contributed by atoms with Crippen molar-refractivity contribution in [2.24, 2.45) is 5.92 Å². The van der Waals surface area contributed by atoms with Crippen LogP contribution in [0.5, 0.6) is 0 Å². The van der Waals surface area contributed by atoms with E-state index in [1.807, 2.05) is 0 Å². The van der Waals surface area contributed by atoms with Gasteiger partial charge in [0.2, 0.25) is 5.91 Å². The molecule has 4 rings (SSSR count). The molecule has 0 aromatic heterocycles. The number of hydrogen-bond acceptors (Lipinski definition) is 2. The highest BCUT2D eigenvalue weighted by atomic mass is 35.5. The van der Waals surface area contributed by atoms with Crippen LogP contribution in [-0.4, -0.2) is 30.4 Å². The van der Waals surface area contributed by atoms with Gasteiger partial charge in [-0.2, -0.15) is 0 Å². The molecule has 27 heavy (non-hydrogen) atoms. The van der Waals surface area contributed by atoms with Crippen LogP contribution in [0.1, 0.15) is 29.5 Å². The molecule has 1 saturated heterocycles. The molecule has 144 valence electrons. The number of amides is 1. The van der Waals surface area contributed by atoms with Crippen LogP contribution in [0.15, 0.2) is 42.5 Å². The summed E-state index contributed by atoms with van der Waals surface area (Å²) >= 11 is 0. The average Bonchev–Trinajstić information content (AvgIpc) is 3.44. The molecule has 3 unspecified atom stereocenters. The lowest BCUT2D eigenvalue weighted by Crippen LogP contribution is -2.49. The third-order valence-corrected chi connectivity index (χ3v) is 5.23. The van der Waals surface area contributed by atoms with Crippen molar-refractivity contribution >= 4 is 18.3 Å². The van der Waals surface area contributed by atoms with Gasteiger partial charge in [0.1, 0.15) is 17.5 Å². The van der Waals surface area contributed by atoms with Crippen molar-refractivity contribution in [1.29, 1.82) is 0 Å². The van der Waals surface area contributed by atoms with Crippen LogP contribution in [0.4, 0.5) is 13.2 Å². The van der Waals surface area contributed by atoms with E-state index in [0.717, 1.165) is 17.7 Å². The molecule has 3 atom stereocenters. The molecule has 1 amide bonds. The van der Waals surface area contributed by atoms with E-state index in [1.165, 1.54) is 18.2 Å². The third kappa shape index (κ3) is 3.96. The highest BCUT2D eigenvalue weighted by Crippen LogP contribution is 2.50. The van der Waals surface area contributed by atoms with Gasteiger partial charge in [0.15, 0.2) is 0 Å². The summed E-state index contributed by atoms with van der Waals surface area (Å²) in [4.78, 5) is 14.7. The summed E-state index contributed by atoms with van der Waals surface area (Å²) < 4.78 is 41.0. The molecule has 2 aromatic rings. The molecule has 1 heterocycles. The number of carbonyl (C=O) groups excluding carboxylic acids is 1. The second kappa shape index (κ2) is 7.90. The second-order valence-corrected chi connectivity index (χ2v) is 6.92. The van der Waals surface area contributed by atoms with E-state index < -0.39 is 11.6 Å². The Bertz CT molecular complexity index is 848. The van der Waals surface area contributed by atoms with Crippen LogP contribution in [0.25, 0.3) is 0 Å². The summed E-state index contributed by atoms with van der Waals surface area (Å²) in [7, 11) is 0. The smallest absolute Gasteiger partial charge is 0.226 e. The number of halogens is 4. The lowest BCUT2D eigenvalue weighted by molar-refractivity contribution is -0.136. The van der Waals surface area contributed by atoms with Crippen LogP contribution >= 0.6 is 12.4 Å². The van der Waals surface area contributed by atoms with Crippen LogP contribution in [0.3, 0.4) is 0 Å². The molecule has 1 aliphatic carbocycles. The summed E-state index contributed by atoms with van der Waals surface area (Å²) in [5, 5.41) is 3.23. The summed E-state index contributed by atoms with van der Waals surface area (Å²) in [6.07, 6.45) is 0.513. The molecule has 1 N–H and O–H groups in total. The summed E-state index contributed by atoms with van der Waals surface area (Å²) in [5.41, 5.74) is 1.00. The average molecular weight is 397 g/mol. The van der Waals surface area contributed by atoms with Crippen LogP contribution < -0.4 is 5.32 Å². The van der Waals surface area contributed by atoms with Crippen molar-refractivity contribution in [2.45, 2.75) is 18.4 Å². The van der Waals surface area contributed by atoms with E-state index in [9.17, 15) is 18.0 Å². The molecule has 2 aliphatic rings. The van der Waals surface area contributed by atoms with Gasteiger partial charge in [-0.1, -0.05) is 12.1 Å². The van der Waals surface area contributed by atoms with Gasteiger partial charge in [-0.15, -0.1) is 12.4 Å². The van der Waals surface area contributed by atoms with Gasteiger partial charge in [-0.3, -0.25) is 4.79 Å². The van der Waals surface area contributed by atoms with Crippen molar-refractivity contribution in [3.05, 3.63) is 71.0 Å². The number of piperazine rings is 1. The molecular formula is C20H20ClF3N2O. The predicted molar refractivity (Wildman–Crippen MR) is 98.2 cm³/mol. The van der Waals surface area contributed by atoms with Crippen LogP contribution in [0.2, 0.25) is 0 Å². The van der Waals surface area contributed by atoms with Crippen molar-refractivity contribution in [2.75, 3.05) is 19.6 Å². The van der Waals surface area contributed by atoms with E-state index in [0.29, 0.717) is 26.1 Å². The van der Waals surface area contributed by atoms with Gasteiger partial charge in [0.05, 0.1) is 6.04 Å². The zero-order valence-electron chi connectivity index (χ0n) is 14.5. The van der Waals surface area contributed by atoms with Crippen molar-refractivity contribution in [1.82, 2.24) is 10.2 Å². The van der Waals surface area contributed by atoms with E-state index in [-0.39, 0.29) is 47.6 Å². The Kier molecular flexibility index (Phi) is 5.77. The van der Waals surface area contributed by atoms with Crippen molar-refractivity contribution in [3.8, 4) is 0 Å². The maximum absolute atomic E-state index is 14.0. The molecule has 1 aliphatic heterocycles. The second-order valence-electron chi connectivity index (χ2n) is 6.92. The number of benzene rings is 2. The Morgan fingerprint density at radius 1 is 1.07 bits per heavy atom. The van der Waals surface area contributed by atoms with Gasteiger partial charge >= 0.3 is 0 Å². The molecule has 7 heteroatoms. The summed E-state index contributed by atoms with van der Waals surface area (Å²) in [5.74, 6) is -2.03. The Hall–Kier alpha value is -2.05. The van der Waals surface area contributed by atoms with E-state index in [1.54, 1.807) is 17.0 Å². The number of hydrogen-bond donors (Lipinski definition) is 1. The Balaban J connectivity index is 0.00000210. The Morgan fingerprint density at radius 3 is 2.63 bits per heavy atom. The first-order valence-electron chi connectivity index (χ1n) is 8.76. The maximum atomic E-state index is 14.0. The third-order valence-electron chi connectivity index (χ3n) is 5.23. The zero-order valence-corrected chi connectivity index (χ0v) is 15.3. The molecule has 2 aromatic carbocycles. The fourth-order valence-corrected chi connectivity index (χ4v) is 3.80. The molecule has 2 fully saturated rings.